The van der Waals surface area contributed by atoms with Crippen molar-refractivity contribution < 1.29 is 26.6 Å². The molecule has 0 atom stereocenters. The molecule has 0 aliphatic carbocycles. The summed E-state index contributed by atoms with van der Waals surface area (Å²) in [5.74, 6) is 2.19. The third kappa shape index (κ3) is 21.8. The zero-order chi connectivity index (χ0) is 28.9. The van der Waals surface area contributed by atoms with Gasteiger partial charge in [0, 0.05) is 51.7 Å². The van der Waals surface area contributed by atoms with E-state index in [1.807, 2.05) is 11.8 Å². The van der Waals surface area contributed by atoms with E-state index >= 15 is 0 Å². The van der Waals surface area contributed by atoms with E-state index in [2.05, 4.69) is 41.5 Å². The Morgan fingerprint density at radius 3 is 0.795 bits per heavy atom. The summed E-state index contributed by atoms with van der Waals surface area (Å²) in [7, 11) is -5.26. The molecule has 0 saturated carbocycles. The maximum absolute atomic E-state index is 6.42. The van der Waals surface area contributed by atoms with Crippen LogP contribution in [0.5, 0.6) is 0 Å². The lowest BCUT2D eigenvalue weighted by Gasteiger charge is -2.30. The van der Waals surface area contributed by atoms with Gasteiger partial charge in [0.25, 0.3) is 0 Å². The molecule has 0 bridgehead atoms. The summed E-state index contributed by atoms with van der Waals surface area (Å²) in [4.78, 5) is 0. The molecular formula is C30H66O6SSi2. The lowest BCUT2D eigenvalue weighted by Crippen LogP contribution is -2.47. The molecule has 0 aromatic heterocycles. The molecule has 0 aromatic rings. The summed E-state index contributed by atoms with van der Waals surface area (Å²) in [5, 5.41) is 0. The van der Waals surface area contributed by atoms with Crippen LogP contribution in [0.2, 0.25) is 12.1 Å². The van der Waals surface area contributed by atoms with E-state index in [1.165, 1.54) is 0 Å². The maximum atomic E-state index is 6.42. The van der Waals surface area contributed by atoms with Crippen LogP contribution in [0.1, 0.15) is 131 Å². The molecule has 0 fully saturated rings. The first-order valence-electron chi connectivity index (χ1n) is 16.5. The van der Waals surface area contributed by atoms with Crippen LogP contribution in [0.4, 0.5) is 0 Å². The van der Waals surface area contributed by atoms with Gasteiger partial charge in [-0.3, -0.25) is 0 Å². The van der Waals surface area contributed by atoms with Gasteiger partial charge in [0.05, 0.1) is 0 Å². The van der Waals surface area contributed by atoms with E-state index in [9.17, 15) is 0 Å². The van der Waals surface area contributed by atoms with Gasteiger partial charge in [-0.25, -0.2) is 0 Å². The molecule has 0 rings (SSSR count). The second kappa shape index (κ2) is 28.7. The highest BCUT2D eigenvalue weighted by Crippen LogP contribution is 2.24. The molecular weight excluding hydrogens is 545 g/mol. The predicted octanol–water partition coefficient (Wildman–Crippen LogP) is 9.28. The van der Waals surface area contributed by atoms with E-state index in [0.29, 0.717) is 0 Å². The molecule has 9 heteroatoms. The highest BCUT2D eigenvalue weighted by atomic mass is 32.2. The van der Waals surface area contributed by atoms with Crippen LogP contribution in [-0.2, 0) is 26.6 Å². The molecule has 0 N–H and O–H groups in total. The Bertz CT molecular complexity index is 409. The van der Waals surface area contributed by atoms with E-state index in [1.54, 1.807) is 0 Å². The zero-order valence-electron chi connectivity index (χ0n) is 26.8. The average Bonchev–Trinajstić information content (AvgIpc) is 2.93. The second-order valence-electron chi connectivity index (χ2n) is 10.4. The van der Waals surface area contributed by atoms with Gasteiger partial charge in [-0.05, 0) is 62.9 Å². The minimum atomic E-state index is -2.63. The molecule has 0 saturated heterocycles. The second-order valence-corrected chi connectivity index (χ2v) is 17.1. The zero-order valence-corrected chi connectivity index (χ0v) is 29.6. The van der Waals surface area contributed by atoms with Crippen molar-refractivity contribution in [1.82, 2.24) is 0 Å². The molecule has 0 spiro atoms. The number of rotatable bonds is 32. The van der Waals surface area contributed by atoms with Crippen LogP contribution < -0.4 is 0 Å². The first-order chi connectivity index (χ1) is 19.1. The van der Waals surface area contributed by atoms with Gasteiger partial charge in [-0.1, -0.05) is 80.1 Å². The topological polar surface area (TPSA) is 55.4 Å². The third-order valence-electron chi connectivity index (χ3n) is 6.46. The van der Waals surface area contributed by atoms with Crippen LogP contribution in [0.15, 0.2) is 0 Å². The smallest absolute Gasteiger partial charge is 0.373 e. The Kier molecular flexibility index (Phi) is 29.1. The lowest BCUT2D eigenvalue weighted by molar-refractivity contribution is 0.0556. The van der Waals surface area contributed by atoms with Crippen molar-refractivity contribution in [3.63, 3.8) is 0 Å². The van der Waals surface area contributed by atoms with Gasteiger partial charge < -0.3 is 26.6 Å². The first-order valence-corrected chi connectivity index (χ1v) is 21.5. The van der Waals surface area contributed by atoms with Crippen molar-refractivity contribution in [1.29, 1.82) is 0 Å². The van der Waals surface area contributed by atoms with E-state index in [-0.39, 0.29) is 0 Å². The standard InChI is InChI=1S/C30H66O6SSi2/c1-7-13-21-31-38(32-22-14-8-2,33-23-15-9-3)29-19-27-37-28-20-30-39(34-24-16-10-4,35-25-17-11-5)36-26-18-12-6/h7-30H2,1-6H3. The summed E-state index contributed by atoms with van der Waals surface area (Å²) in [6, 6.07) is 1.83. The number of hydrogen-bond acceptors (Lipinski definition) is 7. The largest absolute Gasteiger partial charge is 0.500 e. The predicted molar refractivity (Wildman–Crippen MR) is 173 cm³/mol. The van der Waals surface area contributed by atoms with Crippen molar-refractivity contribution in [2.75, 3.05) is 51.1 Å². The minimum absolute atomic E-state index is 0.745. The van der Waals surface area contributed by atoms with Gasteiger partial charge >= 0.3 is 17.6 Å². The first kappa shape index (κ1) is 39.5. The van der Waals surface area contributed by atoms with E-state index in [4.69, 9.17) is 26.6 Å². The molecule has 0 heterocycles. The normalized spacial score (nSPS) is 12.5. The molecule has 39 heavy (non-hydrogen) atoms. The monoisotopic (exact) mass is 610 g/mol. The molecule has 0 radical (unpaired) electrons. The van der Waals surface area contributed by atoms with Gasteiger partial charge in [-0.15, -0.1) is 0 Å². The summed E-state index contributed by atoms with van der Waals surface area (Å²) in [6.07, 6.45) is 15.3. The molecule has 0 aliphatic heterocycles. The van der Waals surface area contributed by atoms with E-state index in [0.717, 1.165) is 153 Å². The minimum Gasteiger partial charge on any atom is -0.373 e. The van der Waals surface area contributed by atoms with Gasteiger partial charge in [0.1, 0.15) is 0 Å². The molecule has 0 aliphatic rings. The average molecular weight is 611 g/mol. The highest BCUT2D eigenvalue weighted by molar-refractivity contribution is 7.99. The number of thioether (sulfide) groups is 1. The van der Waals surface area contributed by atoms with Crippen molar-refractivity contribution in [2.24, 2.45) is 0 Å². The Morgan fingerprint density at radius 2 is 0.590 bits per heavy atom. The molecule has 236 valence electrons. The Balaban J connectivity index is 4.88. The van der Waals surface area contributed by atoms with E-state index < -0.39 is 17.6 Å². The highest BCUT2D eigenvalue weighted by Gasteiger charge is 2.41. The van der Waals surface area contributed by atoms with Crippen LogP contribution in [-0.4, -0.2) is 68.8 Å². The van der Waals surface area contributed by atoms with Crippen molar-refractivity contribution in [3.8, 4) is 0 Å². The SMILES string of the molecule is CCCCO[Si](CCCSCCC[Si](OCCCC)(OCCCC)OCCCC)(OCCCC)OCCCC. The van der Waals surface area contributed by atoms with Crippen LogP contribution >= 0.6 is 11.8 Å². The fourth-order valence-corrected chi connectivity index (χ4v) is 10.5. The molecule has 0 amide bonds. The molecule has 6 nitrogen and oxygen atoms in total. The quantitative estimate of drug-likeness (QED) is 0.0556. The molecule has 0 aromatic carbocycles. The number of hydrogen-bond donors (Lipinski definition) is 0. The van der Waals surface area contributed by atoms with Crippen molar-refractivity contribution in [3.05, 3.63) is 0 Å². The summed E-state index contributed by atoms with van der Waals surface area (Å²) in [6.45, 7) is 17.7. The lowest BCUT2D eigenvalue weighted by atomic mass is 10.4. The maximum Gasteiger partial charge on any atom is 0.500 e. The van der Waals surface area contributed by atoms with Gasteiger partial charge in [0.15, 0.2) is 0 Å². The Morgan fingerprint density at radius 1 is 0.359 bits per heavy atom. The van der Waals surface area contributed by atoms with Crippen molar-refractivity contribution >= 4 is 29.4 Å². The van der Waals surface area contributed by atoms with Crippen molar-refractivity contribution in [2.45, 2.75) is 144 Å². The fourth-order valence-electron chi connectivity index (χ4n) is 3.80. The molecule has 0 unspecified atom stereocenters. The Hall–Kier alpha value is 0.544. The fraction of sp³-hybridized carbons (Fsp3) is 1.00. The number of unbranched alkanes of at least 4 members (excludes halogenated alkanes) is 6. The van der Waals surface area contributed by atoms with Crippen LogP contribution in [0.3, 0.4) is 0 Å². The summed E-state index contributed by atoms with van der Waals surface area (Å²) < 4.78 is 38.5. The summed E-state index contributed by atoms with van der Waals surface area (Å²) in [5.41, 5.74) is 0. The van der Waals surface area contributed by atoms with Crippen LogP contribution in [0, 0.1) is 0 Å². The van der Waals surface area contributed by atoms with Crippen LogP contribution in [0.25, 0.3) is 0 Å². The third-order valence-corrected chi connectivity index (χ3v) is 13.4. The van der Waals surface area contributed by atoms with Gasteiger partial charge in [0.2, 0.25) is 0 Å². The van der Waals surface area contributed by atoms with Gasteiger partial charge in [-0.2, -0.15) is 11.8 Å². The summed E-state index contributed by atoms with van der Waals surface area (Å²) >= 11 is 2.02. The Labute approximate surface area is 250 Å².